The van der Waals surface area contributed by atoms with E-state index in [-0.39, 0.29) is 0 Å². The summed E-state index contributed by atoms with van der Waals surface area (Å²) in [6, 6.07) is 4.37. The lowest BCUT2D eigenvalue weighted by Crippen LogP contribution is -2.44. The molecule has 2 N–H and O–H groups in total. The molecular formula is C12H15N3OS2. The normalized spacial score (nSPS) is 17.6. The van der Waals surface area contributed by atoms with Crippen LogP contribution in [0.5, 0.6) is 0 Å². The number of thiophene rings is 2. The lowest BCUT2D eigenvalue weighted by atomic mass is 10.4. The number of hydrogen-bond donors (Lipinski definition) is 1. The molecule has 0 radical (unpaired) electrons. The van der Waals surface area contributed by atoms with Gasteiger partial charge in [0.2, 0.25) is 0 Å². The molecule has 0 saturated carbocycles. The van der Waals surface area contributed by atoms with Crippen molar-refractivity contribution < 1.29 is 4.74 Å². The predicted octanol–water partition coefficient (Wildman–Crippen LogP) is 2.11. The van der Waals surface area contributed by atoms with E-state index in [1.165, 1.54) is 14.3 Å². The van der Waals surface area contributed by atoms with Crippen LogP contribution in [0.15, 0.2) is 22.5 Å². The molecule has 6 heteroatoms. The van der Waals surface area contributed by atoms with Gasteiger partial charge in [-0.05, 0) is 17.5 Å². The molecular weight excluding hydrogens is 266 g/mol. The Labute approximate surface area is 114 Å². The van der Waals surface area contributed by atoms with E-state index in [1.807, 2.05) is 0 Å². The lowest BCUT2D eigenvalue weighted by Gasteiger charge is -2.27. The number of aliphatic imine (C=N–C) groups is 1. The third-order valence-corrected chi connectivity index (χ3v) is 5.00. The van der Waals surface area contributed by atoms with E-state index >= 15 is 0 Å². The number of nitrogens with zero attached hydrogens (tertiary/aromatic N) is 2. The highest BCUT2D eigenvalue weighted by Gasteiger charge is 2.12. The van der Waals surface area contributed by atoms with Crippen LogP contribution in [0, 0.1) is 0 Å². The number of nitrogens with two attached hydrogens (primary N) is 1. The Balaban J connectivity index is 1.66. The van der Waals surface area contributed by atoms with Crippen LogP contribution in [-0.2, 0) is 11.3 Å². The molecule has 2 aromatic rings. The molecule has 96 valence electrons. The van der Waals surface area contributed by atoms with Crippen molar-refractivity contribution in [1.82, 2.24) is 4.90 Å². The molecule has 3 heterocycles. The summed E-state index contributed by atoms with van der Waals surface area (Å²) in [6.45, 7) is 3.84. The minimum atomic E-state index is 0.634. The van der Waals surface area contributed by atoms with E-state index in [0.717, 1.165) is 26.3 Å². The van der Waals surface area contributed by atoms with Crippen LogP contribution in [0.25, 0.3) is 9.40 Å². The van der Waals surface area contributed by atoms with Crippen molar-refractivity contribution in [3.8, 4) is 0 Å². The fourth-order valence-corrected chi connectivity index (χ4v) is 4.00. The van der Waals surface area contributed by atoms with Gasteiger partial charge in [-0.25, -0.2) is 4.99 Å². The molecule has 3 rings (SSSR count). The maximum atomic E-state index is 5.99. The maximum Gasteiger partial charge on any atom is 0.191 e. The number of fused-ring (bicyclic) bond motifs is 1. The minimum absolute atomic E-state index is 0.634. The molecule has 0 spiro atoms. The number of ether oxygens (including phenoxy) is 1. The lowest BCUT2D eigenvalue weighted by molar-refractivity contribution is 0.0674. The Bertz CT molecular complexity index is 526. The fraction of sp³-hybridized carbons (Fsp3) is 0.417. The molecule has 0 atom stereocenters. The van der Waals surface area contributed by atoms with Gasteiger partial charge in [-0.3, -0.25) is 0 Å². The summed E-state index contributed by atoms with van der Waals surface area (Å²) in [5.41, 5.74) is 5.99. The zero-order chi connectivity index (χ0) is 12.4. The van der Waals surface area contributed by atoms with E-state index < -0.39 is 0 Å². The van der Waals surface area contributed by atoms with Crippen molar-refractivity contribution in [3.63, 3.8) is 0 Å². The third-order valence-electron chi connectivity index (χ3n) is 2.92. The first-order valence-electron chi connectivity index (χ1n) is 5.91. The van der Waals surface area contributed by atoms with Crippen molar-refractivity contribution in [2.24, 2.45) is 10.7 Å². The number of guanidine groups is 1. The minimum Gasteiger partial charge on any atom is -0.378 e. The Morgan fingerprint density at radius 1 is 1.39 bits per heavy atom. The first-order valence-corrected chi connectivity index (χ1v) is 7.61. The van der Waals surface area contributed by atoms with Gasteiger partial charge in [-0.1, -0.05) is 0 Å². The molecule has 0 aromatic carbocycles. The largest absolute Gasteiger partial charge is 0.378 e. The summed E-state index contributed by atoms with van der Waals surface area (Å²) in [5.74, 6) is 0.634. The van der Waals surface area contributed by atoms with Crippen molar-refractivity contribution >= 4 is 38.0 Å². The van der Waals surface area contributed by atoms with Crippen LogP contribution in [-0.4, -0.2) is 37.2 Å². The first kappa shape index (κ1) is 12.0. The number of rotatable bonds is 2. The monoisotopic (exact) mass is 281 g/mol. The first-order chi connectivity index (χ1) is 8.83. The topological polar surface area (TPSA) is 50.8 Å². The molecule has 1 fully saturated rings. The quantitative estimate of drug-likeness (QED) is 0.677. The van der Waals surface area contributed by atoms with Crippen LogP contribution in [0.1, 0.15) is 4.88 Å². The second kappa shape index (κ2) is 5.26. The van der Waals surface area contributed by atoms with Gasteiger partial charge in [0.05, 0.1) is 19.8 Å². The fourth-order valence-electron chi connectivity index (χ4n) is 1.95. The van der Waals surface area contributed by atoms with Gasteiger partial charge in [-0.2, -0.15) is 0 Å². The van der Waals surface area contributed by atoms with Gasteiger partial charge in [0.15, 0.2) is 5.96 Å². The summed E-state index contributed by atoms with van der Waals surface area (Å²) in [7, 11) is 0. The Kier molecular flexibility index (Phi) is 3.49. The van der Waals surface area contributed by atoms with E-state index in [1.54, 1.807) is 22.7 Å². The summed E-state index contributed by atoms with van der Waals surface area (Å²) >= 11 is 3.57. The third kappa shape index (κ3) is 2.50. The summed E-state index contributed by atoms with van der Waals surface area (Å²) in [4.78, 5) is 7.83. The van der Waals surface area contributed by atoms with Crippen LogP contribution in [0.2, 0.25) is 0 Å². The van der Waals surface area contributed by atoms with E-state index in [4.69, 9.17) is 10.5 Å². The van der Waals surface area contributed by atoms with Gasteiger partial charge in [-0.15, -0.1) is 22.7 Å². The van der Waals surface area contributed by atoms with Crippen molar-refractivity contribution in [1.29, 1.82) is 0 Å². The second-order valence-corrected chi connectivity index (χ2v) is 6.25. The SMILES string of the molecule is NC(=NCc1cc2sccc2s1)N1CCOCC1. The van der Waals surface area contributed by atoms with Gasteiger partial charge < -0.3 is 15.4 Å². The molecule has 18 heavy (non-hydrogen) atoms. The standard InChI is InChI=1S/C12H15N3OS2/c13-12(15-2-4-16-5-3-15)14-8-9-7-11-10(18-9)1-6-17-11/h1,6-7H,2-5,8H2,(H2,13,14). The zero-order valence-electron chi connectivity index (χ0n) is 9.96. The summed E-state index contributed by atoms with van der Waals surface area (Å²) in [5, 5.41) is 2.12. The molecule has 0 amide bonds. The van der Waals surface area contributed by atoms with Crippen molar-refractivity contribution in [3.05, 3.63) is 22.4 Å². The van der Waals surface area contributed by atoms with Crippen LogP contribution >= 0.6 is 22.7 Å². The van der Waals surface area contributed by atoms with Gasteiger partial charge >= 0.3 is 0 Å². The molecule has 1 aliphatic rings. The molecule has 0 bridgehead atoms. The molecule has 1 aliphatic heterocycles. The Morgan fingerprint density at radius 3 is 3.00 bits per heavy atom. The van der Waals surface area contributed by atoms with Gasteiger partial charge in [0.25, 0.3) is 0 Å². The highest BCUT2D eigenvalue weighted by atomic mass is 32.1. The molecule has 0 unspecified atom stereocenters. The smallest absolute Gasteiger partial charge is 0.191 e. The highest BCUT2D eigenvalue weighted by Crippen LogP contribution is 2.30. The number of morpholine rings is 1. The van der Waals surface area contributed by atoms with E-state index in [2.05, 4.69) is 27.4 Å². The zero-order valence-corrected chi connectivity index (χ0v) is 11.6. The van der Waals surface area contributed by atoms with Crippen LogP contribution < -0.4 is 5.73 Å². The average molecular weight is 281 g/mol. The predicted molar refractivity (Wildman–Crippen MR) is 77.4 cm³/mol. The van der Waals surface area contributed by atoms with Gasteiger partial charge in [0, 0.05) is 27.4 Å². The van der Waals surface area contributed by atoms with E-state index in [9.17, 15) is 0 Å². The van der Waals surface area contributed by atoms with Crippen molar-refractivity contribution in [2.45, 2.75) is 6.54 Å². The second-order valence-electron chi connectivity index (χ2n) is 4.14. The van der Waals surface area contributed by atoms with Crippen LogP contribution in [0.3, 0.4) is 0 Å². The van der Waals surface area contributed by atoms with E-state index in [0.29, 0.717) is 12.5 Å². The summed E-state index contributed by atoms with van der Waals surface area (Å²) in [6.07, 6.45) is 0. The molecule has 2 aromatic heterocycles. The molecule has 0 aliphatic carbocycles. The van der Waals surface area contributed by atoms with Crippen LogP contribution in [0.4, 0.5) is 0 Å². The molecule has 4 nitrogen and oxygen atoms in total. The Hall–Kier alpha value is -1.11. The maximum absolute atomic E-state index is 5.99. The number of hydrogen-bond acceptors (Lipinski definition) is 4. The Morgan fingerprint density at radius 2 is 2.22 bits per heavy atom. The molecule has 1 saturated heterocycles. The van der Waals surface area contributed by atoms with Crippen molar-refractivity contribution in [2.75, 3.05) is 26.3 Å². The highest BCUT2D eigenvalue weighted by molar-refractivity contribution is 7.26. The summed E-state index contributed by atoms with van der Waals surface area (Å²) < 4.78 is 7.98. The van der Waals surface area contributed by atoms with Gasteiger partial charge in [0.1, 0.15) is 0 Å². The average Bonchev–Trinajstić information content (AvgIpc) is 2.97.